The second kappa shape index (κ2) is 7.34. The predicted molar refractivity (Wildman–Crippen MR) is 64.9 cm³/mol. The van der Waals surface area contributed by atoms with E-state index in [2.05, 4.69) is 23.8 Å². The van der Waals surface area contributed by atoms with Gasteiger partial charge >= 0.3 is 0 Å². The Morgan fingerprint density at radius 3 is 2.44 bits per heavy atom. The molecule has 3 nitrogen and oxygen atoms in total. The Kier molecular flexibility index (Phi) is 6.01. The first-order valence-corrected chi connectivity index (χ1v) is 6.17. The maximum absolute atomic E-state index is 9.86. The maximum atomic E-state index is 9.86. The van der Waals surface area contributed by atoms with E-state index in [1.54, 1.807) is 12.4 Å². The van der Waals surface area contributed by atoms with Crippen molar-refractivity contribution in [1.29, 1.82) is 0 Å². The molecule has 0 aromatic carbocycles. The highest BCUT2D eigenvalue weighted by Crippen LogP contribution is 2.19. The molecule has 0 spiro atoms. The molecule has 0 saturated carbocycles. The Labute approximate surface area is 97.9 Å². The van der Waals surface area contributed by atoms with Crippen LogP contribution in [0.25, 0.3) is 0 Å². The lowest BCUT2D eigenvalue weighted by atomic mass is 9.99. The van der Waals surface area contributed by atoms with Gasteiger partial charge in [-0.3, -0.25) is 0 Å². The molecular weight excluding hydrogens is 200 g/mol. The molecule has 0 amide bonds. The van der Waals surface area contributed by atoms with E-state index in [-0.39, 0.29) is 0 Å². The Hall–Kier alpha value is -0.960. The summed E-state index contributed by atoms with van der Waals surface area (Å²) in [6.45, 7) is 4.50. The minimum absolute atomic E-state index is 0.405. The number of rotatable bonds is 7. The lowest BCUT2D eigenvalue weighted by molar-refractivity contribution is 0.162. The largest absolute Gasteiger partial charge is 0.388 e. The molecule has 0 radical (unpaired) electrons. The molecule has 1 rings (SSSR count). The van der Waals surface area contributed by atoms with Crippen molar-refractivity contribution in [3.63, 3.8) is 0 Å². The third kappa shape index (κ3) is 4.71. The van der Waals surface area contributed by atoms with E-state index in [0.29, 0.717) is 0 Å². The molecule has 2 unspecified atom stereocenters. The Morgan fingerprint density at radius 2 is 1.81 bits per heavy atom. The first kappa shape index (κ1) is 13.1. The van der Waals surface area contributed by atoms with Gasteiger partial charge in [-0.05, 0) is 12.3 Å². The summed E-state index contributed by atoms with van der Waals surface area (Å²) >= 11 is 0. The number of hydrogen-bond donors (Lipinski definition) is 1. The highest BCUT2D eigenvalue weighted by atomic mass is 16.3. The summed E-state index contributed by atoms with van der Waals surface area (Å²) in [6.07, 6.45) is 10.0. The average Bonchev–Trinajstić information content (AvgIpc) is 2.35. The Balaban J connectivity index is 2.18. The van der Waals surface area contributed by atoms with Crippen molar-refractivity contribution in [1.82, 2.24) is 9.97 Å². The minimum Gasteiger partial charge on any atom is -0.388 e. The molecule has 2 atom stereocenters. The monoisotopic (exact) mass is 222 g/mol. The first-order chi connectivity index (χ1) is 7.74. The molecule has 90 valence electrons. The molecule has 0 aliphatic rings. The number of aromatic nitrogens is 2. The van der Waals surface area contributed by atoms with Crippen molar-refractivity contribution in [2.45, 2.75) is 52.1 Å². The van der Waals surface area contributed by atoms with Gasteiger partial charge in [0.25, 0.3) is 0 Å². The summed E-state index contributed by atoms with van der Waals surface area (Å²) in [6, 6.07) is 0. The number of unbranched alkanes of at least 4 members (excludes halogenated alkanes) is 1. The van der Waals surface area contributed by atoms with Gasteiger partial charge in [0.05, 0.1) is 6.10 Å². The predicted octanol–water partition coefficient (Wildman–Crippen LogP) is 3.12. The van der Waals surface area contributed by atoms with Crippen LogP contribution in [0.1, 0.15) is 57.6 Å². The zero-order valence-corrected chi connectivity index (χ0v) is 10.3. The Bertz CT molecular complexity index is 277. The maximum Gasteiger partial charge on any atom is 0.115 e. The smallest absolute Gasteiger partial charge is 0.115 e. The van der Waals surface area contributed by atoms with Gasteiger partial charge in [-0.2, -0.15) is 0 Å². The van der Waals surface area contributed by atoms with Crippen molar-refractivity contribution < 1.29 is 5.11 Å². The number of aliphatic hydroxyl groups is 1. The number of nitrogens with zero attached hydrogens (tertiary/aromatic N) is 2. The van der Waals surface area contributed by atoms with Crippen LogP contribution in [-0.2, 0) is 0 Å². The van der Waals surface area contributed by atoms with Crippen LogP contribution in [-0.4, -0.2) is 15.1 Å². The molecule has 0 fully saturated rings. The zero-order valence-electron chi connectivity index (χ0n) is 10.3. The van der Waals surface area contributed by atoms with Gasteiger partial charge in [0, 0.05) is 18.0 Å². The van der Waals surface area contributed by atoms with Crippen molar-refractivity contribution in [3.8, 4) is 0 Å². The fourth-order valence-electron chi connectivity index (χ4n) is 1.68. The molecule has 0 saturated heterocycles. The van der Waals surface area contributed by atoms with E-state index in [1.165, 1.54) is 25.6 Å². The second-order valence-electron chi connectivity index (χ2n) is 4.49. The van der Waals surface area contributed by atoms with E-state index in [4.69, 9.17) is 0 Å². The molecule has 1 aromatic rings. The molecule has 1 aromatic heterocycles. The molecule has 3 heteroatoms. The summed E-state index contributed by atoms with van der Waals surface area (Å²) in [5, 5.41) is 9.86. The van der Waals surface area contributed by atoms with Crippen LogP contribution >= 0.6 is 0 Å². The quantitative estimate of drug-likeness (QED) is 0.721. The lowest BCUT2D eigenvalue weighted by Crippen LogP contribution is -1.99. The molecule has 0 aliphatic heterocycles. The summed E-state index contributed by atoms with van der Waals surface area (Å²) in [5.74, 6) is 0.803. The lowest BCUT2D eigenvalue weighted by Gasteiger charge is -2.11. The van der Waals surface area contributed by atoms with Crippen LogP contribution in [0.2, 0.25) is 0 Å². The number of aliphatic hydroxyl groups excluding tert-OH is 1. The van der Waals surface area contributed by atoms with Crippen LogP contribution in [0.15, 0.2) is 18.7 Å². The highest BCUT2D eigenvalue weighted by Gasteiger charge is 2.07. The summed E-state index contributed by atoms with van der Waals surface area (Å²) in [7, 11) is 0. The van der Waals surface area contributed by atoms with E-state index in [1.807, 2.05) is 0 Å². The van der Waals surface area contributed by atoms with Gasteiger partial charge in [-0.25, -0.2) is 9.97 Å². The molecule has 0 bridgehead atoms. The van der Waals surface area contributed by atoms with Crippen molar-refractivity contribution in [2.24, 2.45) is 5.92 Å². The molecule has 16 heavy (non-hydrogen) atoms. The SMILES string of the molecule is CCC(C)CCCCC(O)c1cncnc1. The third-order valence-corrected chi connectivity index (χ3v) is 3.09. The van der Waals surface area contributed by atoms with Crippen LogP contribution in [0.5, 0.6) is 0 Å². The average molecular weight is 222 g/mol. The molecule has 0 aliphatic carbocycles. The van der Waals surface area contributed by atoms with Crippen LogP contribution in [0.3, 0.4) is 0 Å². The topological polar surface area (TPSA) is 46.0 Å². The van der Waals surface area contributed by atoms with Crippen molar-refractivity contribution >= 4 is 0 Å². The van der Waals surface area contributed by atoms with E-state index >= 15 is 0 Å². The summed E-state index contributed by atoms with van der Waals surface area (Å²) in [4.78, 5) is 7.81. The number of hydrogen-bond acceptors (Lipinski definition) is 3. The normalized spacial score (nSPS) is 14.7. The Morgan fingerprint density at radius 1 is 1.19 bits per heavy atom. The van der Waals surface area contributed by atoms with E-state index in [9.17, 15) is 5.11 Å². The van der Waals surface area contributed by atoms with Gasteiger partial charge in [0.15, 0.2) is 0 Å². The van der Waals surface area contributed by atoms with Crippen LogP contribution < -0.4 is 0 Å². The molecular formula is C13H22N2O. The van der Waals surface area contributed by atoms with Crippen molar-refractivity contribution in [3.05, 3.63) is 24.3 Å². The van der Waals surface area contributed by atoms with E-state index < -0.39 is 6.10 Å². The summed E-state index contributed by atoms with van der Waals surface area (Å²) < 4.78 is 0. The highest BCUT2D eigenvalue weighted by molar-refractivity contribution is 5.05. The molecule has 1 N–H and O–H groups in total. The second-order valence-corrected chi connectivity index (χ2v) is 4.49. The fourth-order valence-corrected chi connectivity index (χ4v) is 1.68. The van der Waals surface area contributed by atoms with Crippen LogP contribution in [0, 0.1) is 5.92 Å². The third-order valence-electron chi connectivity index (χ3n) is 3.09. The standard InChI is InChI=1S/C13H22N2O/c1-3-11(2)6-4-5-7-13(16)12-8-14-10-15-9-12/h8-11,13,16H,3-7H2,1-2H3. The first-order valence-electron chi connectivity index (χ1n) is 6.17. The van der Waals surface area contributed by atoms with Gasteiger partial charge < -0.3 is 5.11 Å². The van der Waals surface area contributed by atoms with Gasteiger partial charge in [0.1, 0.15) is 6.33 Å². The van der Waals surface area contributed by atoms with Crippen LogP contribution in [0.4, 0.5) is 0 Å². The van der Waals surface area contributed by atoms with Gasteiger partial charge in [0.2, 0.25) is 0 Å². The van der Waals surface area contributed by atoms with E-state index in [0.717, 1.165) is 24.3 Å². The fraction of sp³-hybridized carbons (Fsp3) is 0.692. The minimum atomic E-state index is -0.405. The van der Waals surface area contributed by atoms with Gasteiger partial charge in [-0.1, -0.05) is 39.5 Å². The zero-order chi connectivity index (χ0) is 11.8. The van der Waals surface area contributed by atoms with Gasteiger partial charge in [-0.15, -0.1) is 0 Å². The van der Waals surface area contributed by atoms with Crippen molar-refractivity contribution in [2.75, 3.05) is 0 Å². The molecule has 1 heterocycles. The summed E-state index contributed by atoms with van der Waals surface area (Å²) in [5.41, 5.74) is 0.825.